The zero-order chi connectivity index (χ0) is 21.1. The van der Waals surface area contributed by atoms with Crippen molar-refractivity contribution in [3.8, 4) is 23.7 Å². The molecular weight excluding hydrogens is 431 g/mol. The molecule has 1 heterocycles. The lowest BCUT2D eigenvalue weighted by Gasteiger charge is -2.06. The highest BCUT2D eigenvalue weighted by molar-refractivity contribution is 7.85. The van der Waals surface area contributed by atoms with Crippen LogP contribution in [0.1, 0.15) is 10.4 Å². The molecule has 148 valence electrons. The second kappa shape index (κ2) is 8.75. The predicted molar refractivity (Wildman–Crippen MR) is 100 cm³/mol. The van der Waals surface area contributed by atoms with Gasteiger partial charge in [0.05, 0.1) is 27.0 Å². The third-order valence-corrected chi connectivity index (χ3v) is 6.00. The fourth-order valence-corrected chi connectivity index (χ4v) is 4.38. The summed E-state index contributed by atoms with van der Waals surface area (Å²) in [6.45, 7) is -0.370. The Bertz CT molecular complexity index is 1230. The van der Waals surface area contributed by atoms with E-state index in [0.29, 0.717) is 10.4 Å². The summed E-state index contributed by atoms with van der Waals surface area (Å²) in [5.74, 6) is -1.19. The second-order valence-corrected chi connectivity index (χ2v) is 7.89. The number of thiophene rings is 1. The van der Waals surface area contributed by atoms with Gasteiger partial charge in [0.2, 0.25) is 5.82 Å². The van der Waals surface area contributed by atoms with Crippen LogP contribution in [-0.4, -0.2) is 21.7 Å². The minimum atomic E-state index is -2.59. The van der Waals surface area contributed by atoms with Gasteiger partial charge in [-0.15, -0.1) is 11.3 Å². The predicted octanol–water partition coefficient (Wildman–Crippen LogP) is 4.10. The minimum absolute atomic E-state index is 0.370. The lowest BCUT2D eigenvalue weighted by molar-refractivity contribution is 0.350. The summed E-state index contributed by atoms with van der Waals surface area (Å²) < 4.78 is 80.2. The molecule has 0 aliphatic rings. The van der Waals surface area contributed by atoms with Gasteiger partial charge in [0.1, 0.15) is 11.5 Å². The molecule has 0 bridgehead atoms. The number of fused-ring (bicyclic) bond motifs is 1. The first-order valence-electron chi connectivity index (χ1n) is 7.86. The Morgan fingerprint density at radius 1 is 0.897 bits per heavy atom. The van der Waals surface area contributed by atoms with Gasteiger partial charge in [-0.1, -0.05) is 41.9 Å². The van der Waals surface area contributed by atoms with Crippen molar-refractivity contribution in [2.75, 3.05) is 12.4 Å². The Labute approximate surface area is 168 Å². The molecule has 1 N–H and O–H groups in total. The van der Waals surface area contributed by atoms with E-state index in [0.717, 1.165) is 10.1 Å². The molecule has 0 radical (unpaired) electrons. The van der Waals surface area contributed by atoms with Crippen molar-refractivity contribution in [1.82, 2.24) is 0 Å². The molecular formula is C20H9F5O2S2. The van der Waals surface area contributed by atoms with Gasteiger partial charge in [-0.2, -0.15) is 0 Å². The molecule has 0 aliphatic heterocycles. The highest BCUT2D eigenvalue weighted by atomic mass is 32.2. The highest BCUT2D eigenvalue weighted by Crippen LogP contribution is 2.30. The molecule has 9 heteroatoms. The van der Waals surface area contributed by atoms with E-state index in [1.54, 1.807) is 18.2 Å². The zero-order valence-electron chi connectivity index (χ0n) is 14.3. The number of benzene rings is 2. The SMILES string of the molecule is O=S(CC#Cc1c(C#CCO)sc2ccccc12)c1c(F)c(F)c(F)c(F)c1F. The standard InChI is InChI=1S/C20H9F5O2S2/c21-15-16(22)18(24)20(19(25)17(15)23)29(27)10-4-6-12-11-5-1-2-7-13(11)28-14(12)8-3-9-26/h1-2,5,7,26H,9-10H2. The number of aliphatic hydroxyl groups excluding tert-OH is 1. The van der Waals surface area contributed by atoms with Gasteiger partial charge < -0.3 is 5.11 Å². The number of rotatable bonds is 2. The number of hydrogen-bond donors (Lipinski definition) is 1. The first-order valence-corrected chi connectivity index (χ1v) is 10.00. The van der Waals surface area contributed by atoms with Gasteiger partial charge in [0.15, 0.2) is 23.3 Å². The van der Waals surface area contributed by atoms with Crippen LogP contribution in [0.3, 0.4) is 0 Å². The molecule has 1 aromatic heterocycles. The average molecular weight is 440 g/mol. The Morgan fingerprint density at radius 2 is 1.52 bits per heavy atom. The smallest absolute Gasteiger partial charge is 0.200 e. The molecule has 0 spiro atoms. The number of aliphatic hydroxyl groups is 1. The van der Waals surface area contributed by atoms with Gasteiger partial charge in [-0.05, 0) is 6.07 Å². The molecule has 0 aliphatic carbocycles. The fraction of sp³-hybridized carbons (Fsp3) is 0.100. The van der Waals surface area contributed by atoms with Crippen LogP contribution in [0.15, 0.2) is 29.2 Å². The lowest BCUT2D eigenvalue weighted by Crippen LogP contribution is -2.10. The summed E-state index contributed by atoms with van der Waals surface area (Å²) in [4.78, 5) is -0.888. The first kappa shape index (κ1) is 21.0. The van der Waals surface area contributed by atoms with Gasteiger partial charge >= 0.3 is 0 Å². The van der Waals surface area contributed by atoms with Crippen molar-refractivity contribution in [2.45, 2.75) is 4.90 Å². The van der Waals surface area contributed by atoms with Gasteiger partial charge in [0.25, 0.3) is 0 Å². The van der Waals surface area contributed by atoms with E-state index >= 15 is 0 Å². The molecule has 2 aromatic carbocycles. The van der Waals surface area contributed by atoms with E-state index in [-0.39, 0.29) is 6.61 Å². The molecule has 3 rings (SSSR count). The third-order valence-electron chi connectivity index (χ3n) is 3.69. The van der Waals surface area contributed by atoms with Crippen molar-refractivity contribution in [1.29, 1.82) is 0 Å². The molecule has 1 unspecified atom stereocenters. The maximum absolute atomic E-state index is 13.8. The van der Waals surface area contributed by atoms with Crippen LogP contribution in [0.4, 0.5) is 22.0 Å². The molecule has 3 aromatic rings. The lowest BCUT2D eigenvalue weighted by atomic mass is 10.1. The zero-order valence-corrected chi connectivity index (χ0v) is 15.9. The molecule has 0 saturated heterocycles. The summed E-state index contributed by atoms with van der Waals surface area (Å²) >= 11 is 1.31. The summed E-state index contributed by atoms with van der Waals surface area (Å²) in [6, 6.07) is 7.15. The largest absolute Gasteiger partial charge is 0.384 e. The van der Waals surface area contributed by atoms with Crippen molar-refractivity contribution in [2.24, 2.45) is 0 Å². The van der Waals surface area contributed by atoms with Crippen molar-refractivity contribution in [3.63, 3.8) is 0 Å². The fourth-order valence-electron chi connectivity index (χ4n) is 2.42. The van der Waals surface area contributed by atoms with Crippen LogP contribution in [0.2, 0.25) is 0 Å². The summed E-state index contributed by atoms with van der Waals surface area (Å²) in [5, 5.41) is 9.61. The van der Waals surface area contributed by atoms with Crippen LogP contribution in [-0.2, 0) is 10.8 Å². The summed E-state index contributed by atoms with van der Waals surface area (Å²) in [6.07, 6.45) is 0. The van der Waals surface area contributed by atoms with Crippen LogP contribution in [0.5, 0.6) is 0 Å². The highest BCUT2D eigenvalue weighted by Gasteiger charge is 2.28. The molecule has 0 amide bonds. The minimum Gasteiger partial charge on any atom is -0.384 e. The number of hydrogen-bond acceptors (Lipinski definition) is 3. The van der Waals surface area contributed by atoms with Gasteiger partial charge in [0, 0.05) is 10.1 Å². The van der Waals surface area contributed by atoms with Crippen LogP contribution >= 0.6 is 11.3 Å². The van der Waals surface area contributed by atoms with E-state index in [1.807, 2.05) is 6.07 Å². The summed E-state index contributed by atoms with van der Waals surface area (Å²) in [7, 11) is -2.59. The first-order chi connectivity index (χ1) is 13.9. The van der Waals surface area contributed by atoms with E-state index < -0.39 is 50.5 Å². The third kappa shape index (κ3) is 4.03. The average Bonchev–Trinajstić information content (AvgIpc) is 3.07. The Morgan fingerprint density at radius 3 is 2.17 bits per heavy atom. The van der Waals surface area contributed by atoms with Crippen molar-refractivity contribution >= 4 is 32.2 Å². The molecule has 0 saturated carbocycles. The van der Waals surface area contributed by atoms with E-state index in [9.17, 15) is 26.2 Å². The topological polar surface area (TPSA) is 37.3 Å². The van der Waals surface area contributed by atoms with Crippen molar-refractivity contribution in [3.05, 3.63) is 63.8 Å². The van der Waals surface area contributed by atoms with Crippen LogP contribution in [0.25, 0.3) is 10.1 Å². The monoisotopic (exact) mass is 440 g/mol. The van der Waals surface area contributed by atoms with Crippen LogP contribution < -0.4 is 0 Å². The Hall–Kier alpha value is -2.72. The van der Waals surface area contributed by atoms with E-state index in [1.165, 1.54) is 11.3 Å². The summed E-state index contributed by atoms with van der Waals surface area (Å²) in [5.41, 5.74) is 0.459. The normalized spacial score (nSPS) is 11.5. The van der Waals surface area contributed by atoms with Crippen LogP contribution in [0, 0.1) is 52.8 Å². The Balaban J connectivity index is 1.98. The maximum Gasteiger partial charge on any atom is 0.200 e. The van der Waals surface area contributed by atoms with E-state index in [2.05, 4.69) is 23.7 Å². The van der Waals surface area contributed by atoms with Gasteiger partial charge in [-0.3, -0.25) is 4.21 Å². The maximum atomic E-state index is 13.8. The molecule has 0 fully saturated rings. The molecule has 1 atom stereocenters. The molecule has 2 nitrogen and oxygen atoms in total. The quantitative estimate of drug-likeness (QED) is 0.282. The van der Waals surface area contributed by atoms with Gasteiger partial charge in [-0.25, -0.2) is 22.0 Å². The second-order valence-electron chi connectivity index (χ2n) is 5.45. The van der Waals surface area contributed by atoms with Crippen molar-refractivity contribution < 1.29 is 31.3 Å². The number of halogens is 5. The molecule has 29 heavy (non-hydrogen) atoms. The van der Waals surface area contributed by atoms with E-state index in [4.69, 9.17) is 5.11 Å². The Kier molecular flexibility index (Phi) is 6.33.